The monoisotopic (exact) mass is 661 g/mol. The fraction of sp³-hybridized carbons (Fsp3) is 0.0588. The van der Waals surface area contributed by atoms with Gasteiger partial charge in [-0.3, -0.25) is 0 Å². The van der Waals surface area contributed by atoms with Crippen molar-refractivity contribution in [3.63, 3.8) is 0 Å². The minimum Gasteiger partial charge on any atom is -0.309 e. The zero-order chi connectivity index (χ0) is 34.6. The van der Waals surface area contributed by atoms with Crippen LogP contribution in [0.4, 0.5) is 0 Å². The Bertz CT molecular complexity index is 3080. The maximum Gasteiger partial charge on any atom is 0.0541 e. The molecule has 1 aliphatic rings. The smallest absolute Gasteiger partial charge is 0.0541 e. The number of nitrogens with zero attached hydrogens (tertiary/aromatic N) is 1. The highest BCUT2D eigenvalue weighted by atomic mass is 15.0. The van der Waals surface area contributed by atoms with Crippen LogP contribution in [-0.4, -0.2) is 4.57 Å². The molecular weight excluding hydrogens is 627 g/mol. The number of hydrogen-bond acceptors (Lipinski definition) is 0. The van der Waals surface area contributed by atoms with Gasteiger partial charge in [0.25, 0.3) is 0 Å². The van der Waals surface area contributed by atoms with E-state index in [9.17, 15) is 0 Å². The molecule has 0 radical (unpaired) electrons. The van der Waals surface area contributed by atoms with Crippen molar-refractivity contribution in [3.8, 4) is 39.1 Å². The third kappa shape index (κ3) is 4.17. The second-order valence-corrected chi connectivity index (χ2v) is 15.0. The van der Waals surface area contributed by atoms with Crippen molar-refractivity contribution in [1.82, 2.24) is 4.57 Å². The quantitative estimate of drug-likeness (QED) is 0.166. The van der Waals surface area contributed by atoms with Crippen LogP contribution in [0, 0.1) is 0 Å². The summed E-state index contributed by atoms with van der Waals surface area (Å²) in [6.45, 7) is 4.76. The first-order chi connectivity index (χ1) is 25.5. The second kappa shape index (κ2) is 10.8. The maximum absolute atomic E-state index is 2.45. The number of benzene rings is 9. The molecule has 0 fully saturated rings. The van der Waals surface area contributed by atoms with Crippen LogP contribution in [0.1, 0.15) is 25.0 Å². The maximum atomic E-state index is 2.45. The molecule has 1 heterocycles. The fourth-order valence-electron chi connectivity index (χ4n) is 9.16. The third-order valence-electron chi connectivity index (χ3n) is 11.7. The van der Waals surface area contributed by atoms with E-state index < -0.39 is 0 Å². The van der Waals surface area contributed by atoms with Gasteiger partial charge in [-0.25, -0.2) is 0 Å². The molecule has 0 aliphatic heterocycles. The van der Waals surface area contributed by atoms with Crippen LogP contribution in [0.25, 0.3) is 93.2 Å². The Labute approximate surface area is 303 Å². The molecule has 0 N–H and O–H groups in total. The first-order valence-corrected chi connectivity index (χ1v) is 18.3. The van der Waals surface area contributed by atoms with Crippen LogP contribution >= 0.6 is 0 Å². The van der Waals surface area contributed by atoms with Gasteiger partial charge in [0.2, 0.25) is 0 Å². The van der Waals surface area contributed by atoms with E-state index in [1.807, 2.05) is 0 Å². The van der Waals surface area contributed by atoms with Crippen molar-refractivity contribution < 1.29 is 0 Å². The van der Waals surface area contributed by atoms with E-state index in [0.717, 1.165) is 0 Å². The predicted molar refractivity (Wildman–Crippen MR) is 222 cm³/mol. The topological polar surface area (TPSA) is 4.93 Å². The number of fused-ring (bicyclic) bond motifs is 10. The highest BCUT2D eigenvalue weighted by molar-refractivity contribution is 6.12. The Hall–Kier alpha value is -6.44. The first kappa shape index (κ1) is 29.3. The number of rotatable bonds is 3. The van der Waals surface area contributed by atoms with Crippen molar-refractivity contribution in [3.05, 3.63) is 187 Å². The summed E-state index contributed by atoms with van der Waals surface area (Å²) >= 11 is 0. The molecule has 1 aliphatic carbocycles. The van der Waals surface area contributed by atoms with Gasteiger partial charge in [-0.05, 0) is 125 Å². The average Bonchev–Trinajstić information content (AvgIpc) is 3.64. The molecule has 0 atom stereocenters. The van der Waals surface area contributed by atoms with Crippen molar-refractivity contribution in [1.29, 1.82) is 0 Å². The summed E-state index contributed by atoms with van der Waals surface area (Å²) in [6, 6.07) is 65.4. The summed E-state index contributed by atoms with van der Waals surface area (Å²) in [5.41, 5.74) is 14.1. The third-order valence-corrected chi connectivity index (χ3v) is 11.7. The van der Waals surface area contributed by atoms with Crippen LogP contribution in [0.2, 0.25) is 0 Å². The lowest BCUT2D eigenvalue weighted by Gasteiger charge is -2.22. The van der Waals surface area contributed by atoms with E-state index >= 15 is 0 Å². The largest absolute Gasteiger partial charge is 0.309 e. The summed E-state index contributed by atoms with van der Waals surface area (Å²) in [5, 5.41) is 10.2. The zero-order valence-electron chi connectivity index (χ0n) is 29.2. The molecular formula is C51H35N. The van der Waals surface area contributed by atoms with Crippen LogP contribution in [-0.2, 0) is 5.41 Å². The molecule has 1 nitrogen and oxygen atoms in total. The molecule has 0 saturated carbocycles. The summed E-state index contributed by atoms with van der Waals surface area (Å²) in [5.74, 6) is 0. The number of aromatic nitrogens is 1. The molecule has 52 heavy (non-hydrogen) atoms. The highest BCUT2D eigenvalue weighted by Crippen LogP contribution is 2.53. The van der Waals surface area contributed by atoms with Gasteiger partial charge in [0.15, 0.2) is 0 Å². The van der Waals surface area contributed by atoms with Crippen LogP contribution in [0.3, 0.4) is 0 Å². The van der Waals surface area contributed by atoms with Crippen LogP contribution in [0.15, 0.2) is 176 Å². The van der Waals surface area contributed by atoms with E-state index in [-0.39, 0.29) is 5.41 Å². The Morgan fingerprint density at radius 2 is 1.10 bits per heavy atom. The highest BCUT2D eigenvalue weighted by Gasteiger charge is 2.36. The van der Waals surface area contributed by atoms with Gasteiger partial charge in [-0.2, -0.15) is 0 Å². The summed E-state index contributed by atoms with van der Waals surface area (Å²) < 4.78 is 2.44. The van der Waals surface area contributed by atoms with Crippen molar-refractivity contribution in [2.24, 2.45) is 0 Å². The van der Waals surface area contributed by atoms with E-state index in [0.29, 0.717) is 0 Å². The zero-order valence-corrected chi connectivity index (χ0v) is 29.2. The van der Waals surface area contributed by atoms with Crippen molar-refractivity contribution in [2.45, 2.75) is 19.3 Å². The van der Waals surface area contributed by atoms with Gasteiger partial charge in [0.1, 0.15) is 0 Å². The summed E-state index contributed by atoms with van der Waals surface area (Å²) in [4.78, 5) is 0. The molecule has 11 rings (SSSR count). The van der Waals surface area contributed by atoms with Crippen LogP contribution in [0.5, 0.6) is 0 Å². The molecule has 1 aromatic heterocycles. The molecule has 0 spiro atoms. The Morgan fingerprint density at radius 3 is 2.00 bits per heavy atom. The van der Waals surface area contributed by atoms with E-state index in [2.05, 4.69) is 194 Å². The summed E-state index contributed by atoms with van der Waals surface area (Å²) in [6.07, 6.45) is 0. The van der Waals surface area contributed by atoms with Gasteiger partial charge in [-0.1, -0.05) is 141 Å². The Kier molecular flexibility index (Phi) is 6.08. The molecule has 0 saturated heterocycles. The molecule has 0 amide bonds. The van der Waals surface area contributed by atoms with Crippen molar-refractivity contribution in [2.75, 3.05) is 0 Å². The minimum atomic E-state index is -0.0888. The average molecular weight is 662 g/mol. The van der Waals surface area contributed by atoms with Gasteiger partial charge in [0, 0.05) is 21.9 Å². The molecule has 0 unspecified atom stereocenters. The van der Waals surface area contributed by atoms with E-state index in [4.69, 9.17) is 0 Å². The van der Waals surface area contributed by atoms with Crippen LogP contribution < -0.4 is 0 Å². The molecule has 244 valence electrons. The predicted octanol–water partition coefficient (Wildman–Crippen LogP) is 13.9. The normalized spacial score (nSPS) is 13.3. The number of hydrogen-bond donors (Lipinski definition) is 0. The van der Waals surface area contributed by atoms with Gasteiger partial charge >= 0.3 is 0 Å². The fourth-order valence-corrected chi connectivity index (χ4v) is 9.16. The molecule has 1 heteroatoms. The standard InChI is InChI=1S/C51H35N/c1-51(2)46-24-20-37(41-17-10-14-33-13-6-7-15-40(33)41)30-45(46)50-43-31-38-28-39(23-19-34(38)27-36(43)21-25-47(50)51)52-48-18-9-8-16-42(48)44-29-35(22-26-49(44)52)32-11-4-3-5-12-32/h3-31H,1-2H3. The minimum absolute atomic E-state index is 0.0888. The van der Waals surface area contributed by atoms with Gasteiger partial charge < -0.3 is 4.57 Å². The summed E-state index contributed by atoms with van der Waals surface area (Å²) in [7, 11) is 0. The van der Waals surface area contributed by atoms with E-state index in [1.54, 1.807) is 0 Å². The lowest BCUT2D eigenvalue weighted by atomic mass is 9.81. The lowest BCUT2D eigenvalue weighted by Crippen LogP contribution is -2.14. The van der Waals surface area contributed by atoms with Gasteiger partial charge in [-0.15, -0.1) is 0 Å². The molecule has 9 aromatic carbocycles. The first-order valence-electron chi connectivity index (χ1n) is 18.3. The molecule has 0 bridgehead atoms. The Morgan fingerprint density at radius 1 is 0.365 bits per heavy atom. The second-order valence-electron chi connectivity index (χ2n) is 15.0. The Balaban J connectivity index is 1.11. The molecule has 10 aromatic rings. The number of para-hydroxylation sites is 1. The van der Waals surface area contributed by atoms with Gasteiger partial charge in [0.05, 0.1) is 11.0 Å². The van der Waals surface area contributed by atoms with Crippen molar-refractivity contribution >= 4 is 54.1 Å². The SMILES string of the molecule is CC1(C)c2ccc(-c3cccc4ccccc34)cc2-c2c1ccc1cc3ccc(-n4c5ccccc5c5cc(-c6ccccc6)ccc54)cc3cc21. The van der Waals surface area contributed by atoms with E-state index in [1.165, 1.54) is 104 Å². The lowest BCUT2D eigenvalue weighted by molar-refractivity contribution is 0.661.